The van der Waals surface area contributed by atoms with E-state index in [9.17, 15) is 27.5 Å². The van der Waals surface area contributed by atoms with Crippen LogP contribution in [0.1, 0.15) is 80.3 Å². The Morgan fingerprint density at radius 1 is 1.20 bits per heavy atom. The van der Waals surface area contributed by atoms with Crippen molar-refractivity contribution in [2.45, 2.75) is 83.2 Å². The lowest BCUT2D eigenvalue weighted by molar-refractivity contribution is -0.325. The Kier molecular flexibility index (Phi) is 11.8. The fraction of sp³-hybridized carbons (Fsp3) is 0.625. The first-order valence-corrected chi connectivity index (χ1v) is 15.5. The monoisotopic (exact) mass is 624 g/mol. The third-order valence-electron chi connectivity index (χ3n) is 8.54. The maximum atomic E-state index is 15.0. The lowest BCUT2D eigenvalue weighted by Gasteiger charge is -2.31. The zero-order chi connectivity index (χ0) is 31.9. The molecule has 0 spiro atoms. The van der Waals surface area contributed by atoms with Gasteiger partial charge in [-0.3, -0.25) is 19.3 Å². The van der Waals surface area contributed by atoms with Crippen molar-refractivity contribution in [1.82, 2.24) is 14.8 Å². The van der Waals surface area contributed by atoms with Gasteiger partial charge in [-0.25, -0.2) is 9.37 Å². The number of nitrogens with zero attached hydrogens (tertiary/aromatic N) is 3. The van der Waals surface area contributed by atoms with Gasteiger partial charge in [0.05, 0.1) is 13.7 Å². The molecular weight excluding hydrogens is 580 g/mol. The number of fused-ring (bicyclic) bond motifs is 1. The molecule has 1 saturated heterocycles. The highest BCUT2D eigenvalue weighted by atomic mass is 19.4. The van der Waals surface area contributed by atoms with E-state index in [1.807, 2.05) is 18.7 Å². The fourth-order valence-electron chi connectivity index (χ4n) is 6.24. The van der Waals surface area contributed by atoms with Gasteiger partial charge in [0.1, 0.15) is 11.9 Å². The molecule has 244 valence electrons. The molecule has 0 bridgehead atoms. The van der Waals surface area contributed by atoms with E-state index in [2.05, 4.69) is 22.2 Å². The highest BCUT2D eigenvalue weighted by Crippen LogP contribution is 2.37. The molecule has 2 atom stereocenters. The topological polar surface area (TPSA) is 87.2 Å². The Bertz CT molecular complexity index is 1260. The van der Waals surface area contributed by atoms with Crippen molar-refractivity contribution >= 4 is 11.8 Å². The Labute approximate surface area is 256 Å². The summed E-state index contributed by atoms with van der Waals surface area (Å²) >= 11 is 0. The molecule has 2 aromatic rings. The van der Waals surface area contributed by atoms with E-state index in [4.69, 9.17) is 9.72 Å². The van der Waals surface area contributed by atoms with Gasteiger partial charge in [0.2, 0.25) is 0 Å². The number of carboxylic acid groups (broad SMARTS) is 1. The minimum absolute atomic E-state index is 0.0289. The van der Waals surface area contributed by atoms with E-state index in [0.717, 1.165) is 56.6 Å². The van der Waals surface area contributed by atoms with E-state index in [1.165, 1.54) is 18.7 Å². The molecule has 12 heteroatoms. The first-order chi connectivity index (χ1) is 21.0. The zero-order valence-corrected chi connectivity index (χ0v) is 25.8. The maximum Gasteiger partial charge on any atom is 0.522 e. The van der Waals surface area contributed by atoms with Crippen LogP contribution in [-0.2, 0) is 22.4 Å². The molecule has 0 unspecified atom stereocenters. The molecule has 0 amide bonds. The van der Waals surface area contributed by atoms with Crippen LogP contribution in [0.2, 0.25) is 0 Å². The maximum absolute atomic E-state index is 15.0. The van der Waals surface area contributed by atoms with Gasteiger partial charge >= 0.3 is 12.3 Å². The Hall–Kier alpha value is -2.96. The number of hydrogen-bond acceptors (Lipinski definition) is 7. The normalized spacial score (nSPS) is 18.0. The van der Waals surface area contributed by atoms with Gasteiger partial charge < -0.3 is 15.2 Å². The van der Waals surface area contributed by atoms with Crippen molar-refractivity contribution in [2.24, 2.45) is 0 Å². The number of aliphatic carboxylic acids is 1. The summed E-state index contributed by atoms with van der Waals surface area (Å²) in [6.07, 6.45) is 1.33. The van der Waals surface area contributed by atoms with Crippen LogP contribution < -0.4 is 10.1 Å². The van der Waals surface area contributed by atoms with Gasteiger partial charge in [0.25, 0.3) is 0 Å². The molecule has 0 saturated carbocycles. The van der Waals surface area contributed by atoms with E-state index in [0.29, 0.717) is 31.6 Å². The predicted molar refractivity (Wildman–Crippen MR) is 160 cm³/mol. The number of aryl methyl sites for hydroxylation is 2. The third-order valence-corrected chi connectivity index (χ3v) is 8.54. The molecule has 3 heterocycles. The predicted octanol–water partition coefficient (Wildman–Crippen LogP) is 6.16. The van der Waals surface area contributed by atoms with Gasteiger partial charge in [0, 0.05) is 43.5 Å². The highest BCUT2D eigenvalue weighted by molar-refractivity contribution is 5.77. The molecule has 1 aromatic carbocycles. The second-order valence-electron chi connectivity index (χ2n) is 11.9. The number of unbranched alkanes of at least 4 members (excludes halogenated alkanes) is 2. The number of hydrogen-bond donors (Lipinski definition) is 2. The summed E-state index contributed by atoms with van der Waals surface area (Å²) in [5.41, 5.74) is 3.16. The number of likely N-dealkylation sites (tertiary alicyclic amines) is 1. The number of anilines is 1. The molecule has 2 aliphatic heterocycles. The summed E-state index contributed by atoms with van der Waals surface area (Å²) in [7, 11) is 1.31. The lowest BCUT2D eigenvalue weighted by Crippen LogP contribution is -2.42. The number of ether oxygens (including phenoxy) is 2. The molecule has 1 aromatic heterocycles. The van der Waals surface area contributed by atoms with Crippen LogP contribution in [0.15, 0.2) is 24.3 Å². The van der Waals surface area contributed by atoms with Crippen LogP contribution in [0.4, 0.5) is 23.4 Å². The van der Waals surface area contributed by atoms with E-state index in [1.54, 1.807) is 11.0 Å². The van der Waals surface area contributed by atoms with Gasteiger partial charge in [-0.15, -0.1) is 13.2 Å². The molecule has 2 N–H and O–H groups in total. The smallest absolute Gasteiger partial charge is 0.493 e. The zero-order valence-electron chi connectivity index (χ0n) is 25.8. The number of alkyl halides is 3. The third kappa shape index (κ3) is 9.04. The van der Waals surface area contributed by atoms with Gasteiger partial charge in [0.15, 0.2) is 11.6 Å². The largest absolute Gasteiger partial charge is 0.522 e. The number of aromatic nitrogens is 1. The number of methoxy groups -OCH3 is 1. The number of halogens is 4. The summed E-state index contributed by atoms with van der Waals surface area (Å²) in [5, 5.41) is 13.6. The van der Waals surface area contributed by atoms with Crippen molar-refractivity contribution in [1.29, 1.82) is 0 Å². The van der Waals surface area contributed by atoms with Crippen LogP contribution in [0.5, 0.6) is 5.75 Å². The Morgan fingerprint density at radius 2 is 2.00 bits per heavy atom. The first-order valence-electron chi connectivity index (χ1n) is 15.5. The summed E-state index contributed by atoms with van der Waals surface area (Å²) in [4.78, 5) is 21.0. The van der Waals surface area contributed by atoms with Crippen molar-refractivity contribution in [2.75, 3.05) is 51.8 Å². The van der Waals surface area contributed by atoms with Crippen molar-refractivity contribution in [3.63, 3.8) is 0 Å². The Morgan fingerprint density at radius 3 is 2.70 bits per heavy atom. The van der Waals surface area contributed by atoms with Crippen molar-refractivity contribution in [3.8, 4) is 5.75 Å². The molecule has 44 heavy (non-hydrogen) atoms. The molecule has 0 aliphatic carbocycles. The SMILES string of the molecule is COc1c(F)cc(C(C)C)cc1[C@@H](C(=O)O)N1CC[C@@H](N(CCCCCc2ccc3c(n2)NCCC3)CCOC(F)(F)F)C1. The minimum Gasteiger partial charge on any atom is -0.493 e. The average Bonchev–Trinajstić information content (AvgIpc) is 3.44. The first kappa shape index (κ1) is 33.9. The molecular formula is C32H44F4N4O4. The second kappa shape index (κ2) is 15.4. The number of carboxylic acids is 1. The summed E-state index contributed by atoms with van der Waals surface area (Å²) < 4.78 is 62.6. The van der Waals surface area contributed by atoms with Crippen LogP contribution >= 0.6 is 0 Å². The number of carbonyl (C=O) groups is 1. The van der Waals surface area contributed by atoms with Crippen LogP contribution in [0.3, 0.4) is 0 Å². The standard InChI is InChI=1S/C32H44F4N4O4/c1-21(2)23-18-26(29(43-3)27(33)19-23)28(31(41)42)40-15-12-25(20-40)39(16-17-44-32(34,35)36)14-6-4-5-9-24-11-10-22-8-7-13-37-30(22)38-24/h10-11,18-19,21,25,28H,4-9,12-17,20H2,1-3H3,(H,37,38)(H,41,42)/t25-,28+/m1/s1. The van der Waals surface area contributed by atoms with Gasteiger partial charge in [-0.2, -0.15) is 0 Å². The minimum atomic E-state index is -4.72. The van der Waals surface area contributed by atoms with E-state index >= 15 is 0 Å². The van der Waals surface area contributed by atoms with Crippen LogP contribution in [-0.4, -0.2) is 84.7 Å². The van der Waals surface area contributed by atoms with Crippen LogP contribution in [0.25, 0.3) is 0 Å². The number of benzene rings is 1. The average molecular weight is 625 g/mol. The summed E-state index contributed by atoms with van der Waals surface area (Å²) in [6, 6.07) is 5.91. The number of pyridine rings is 1. The fourth-order valence-corrected chi connectivity index (χ4v) is 6.24. The molecule has 1 fully saturated rings. The van der Waals surface area contributed by atoms with Crippen molar-refractivity contribution < 1.29 is 36.9 Å². The number of rotatable bonds is 15. The van der Waals surface area contributed by atoms with Crippen LogP contribution in [0, 0.1) is 5.82 Å². The van der Waals surface area contributed by atoms with E-state index in [-0.39, 0.29) is 29.8 Å². The summed E-state index contributed by atoms with van der Waals surface area (Å²) in [5.74, 6) is -0.930. The molecule has 2 aliphatic rings. The Balaban J connectivity index is 1.40. The molecule has 8 nitrogen and oxygen atoms in total. The van der Waals surface area contributed by atoms with Gasteiger partial charge in [-0.1, -0.05) is 26.3 Å². The molecule has 4 rings (SSSR count). The quantitative estimate of drug-likeness (QED) is 0.180. The number of nitrogens with one attached hydrogen (secondary N) is 1. The second-order valence-corrected chi connectivity index (χ2v) is 11.9. The molecule has 0 radical (unpaired) electrons. The van der Waals surface area contributed by atoms with Gasteiger partial charge in [-0.05, 0) is 80.3 Å². The van der Waals surface area contributed by atoms with Crippen molar-refractivity contribution in [3.05, 3.63) is 52.5 Å². The lowest BCUT2D eigenvalue weighted by atomic mass is 9.95. The van der Waals surface area contributed by atoms with E-state index < -0.39 is 30.8 Å². The highest BCUT2D eigenvalue weighted by Gasteiger charge is 2.38. The summed E-state index contributed by atoms with van der Waals surface area (Å²) in [6.45, 7) is 5.54.